The van der Waals surface area contributed by atoms with Crippen molar-refractivity contribution in [1.82, 2.24) is 20.1 Å². The first-order chi connectivity index (χ1) is 17.0. The average Bonchev–Trinajstić information content (AvgIpc) is 3.30. The summed E-state index contributed by atoms with van der Waals surface area (Å²) in [6.07, 6.45) is 3.63. The van der Waals surface area contributed by atoms with Gasteiger partial charge in [0.25, 0.3) is 5.56 Å². The Morgan fingerprint density at radius 1 is 1.00 bits per heavy atom. The molecule has 0 radical (unpaired) electrons. The van der Waals surface area contributed by atoms with Gasteiger partial charge in [-0.05, 0) is 35.4 Å². The van der Waals surface area contributed by atoms with Crippen LogP contribution in [0, 0.1) is 0 Å². The van der Waals surface area contributed by atoms with Gasteiger partial charge in [-0.1, -0.05) is 48.5 Å². The molecule has 7 nitrogen and oxygen atoms in total. The number of aromatic amines is 1. The average molecular weight is 466 g/mol. The Hall–Kier alpha value is -4.39. The predicted molar refractivity (Wildman–Crippen MR) is 140 cm³/mol. The van der Waals surface area contributed by atoms with Gasteiger partial charge in [0, 0.05) is 54.7 Å². The third kappa shape index (κ3) is 4.53. The molecule has 0 aliphatic carbocycles. The monoisotopic (exact) mass is 465 g/mol. The summed E-state index contributed by atoms with van der Waals surface area (Å²) in [7, 11) is 4.02. The van der Waals surface area contributed by atoms with Crippen LogP contribution < -0.4 is 15.8 Å². The van der Waals surface area contributed by atoms with Gasteiger partial charge in [-0.3, -0.25) is 9.59 Å². The molecule has 1 atom stereocenters. The van der Waals surface area contributed by atoms with Crippen molar-refractivity contribution in [2.45, 2.75) is 12.5 Å². The van der Waals surface area contributed by atoms with Crippen molar-refractivity contribution < 1.29 is 4.79 Å². The fraction of sp³-hybridized carbons (Fsp3) is 0.179. The molecule has 2 N–H and O–H groups in total. The second-order valence-corrected chi connectivity index (χ2v) is 8.83. The lowest BCUT2D eigenvalue weighted by molar-refractivity contribution is -0.121. The fourth-order valence-electron chi connectivity index (χ4n) is 4.44. The molecular weight excluding hydrogens is 438 g/mol. The summed E-state index contributed by atoms with van der Waals surface area (Å²) >= 11 is 0. The van der Waals surface area contributed by atoms with E-state index in [2.05, 4.69) is 50.6 Å². The van der Waals surface area contributed by atoms with Gasteiger partial charge >= 0.3 is 0 Å². The minimum atomic E-state index is -0.272. The first-order valence-electron chi connectivity index (χ1n) is 11.6. The van der Waals surface area contributed by atoms with Crippen molar-refractivity contribution in [3.63, 3.8) is 0 Å². The quantitative estimate of drug-likeness (QED) is 0.382. The maximum atomic E-state index is 12.9. The zero-order chi connectivity index (χ0) is 24.4. The number of para-hydroxylation sites is 1. The predicted octanol–water partition coefficient (Wildman–Crippen LogP) is 3.89. The summed E-state index contributed by atoms with van der Waals surface area (Å²) in [5, 5.41) is 9.64. The number of anilines is 1. The number of carbonyl (C=O) groups is 1. The summed E-state index contributed by atoms with van der Waals surface area (Å²) in [6, 6.07) is 23.8. The van der Waals surface area contributed by atoms with Gasteiger partial charge in [0.15, 0.2) is 0 Å². The zero-order valence-electron chi connectivity index (χ0n) is 19.7. The number of carbonyl (C=O) groups excluding carboxylic acids is 1. The summed E-state index contributed by atoms with van der Waals surface area (Å²) in [4.78, 5) is 31.0. The van der Waals surface area contributed by atoms with Gasteiger partial charge in [-0.25, -0.2) is 4.68 Å². The van der Waals surface area contributed by atoms with E-state index in [1.165, 1.54) is 4.68 Å². The number of nitrogens with one attached hydrogen (secondary N) is 2. The van der Waals surface area contributed by atoms with E-state index in [0.717, 1.165) is 33.1 Å². The molecule has 0 bridgehead atoms. The molecule has 176 valence electrons. The van der Waals surface area contributed by atoms with Crippen LogP contribution in [-0.2, 0) is 11.3 Å². The van der Waals surface area contributed by atoms with Gasteiger partial charge < -0.3 is 15.2 Å². The van der Waals surface area contributed by atoms with Gasteiger partial charge in [-0.2, -0.15) is 5.10 Å². The minimum Gasteiger partial charge on any atom is -0.378 e. The van der Waals surface area contributed by atoms with Crippen LogP contribution in [0.4, 0.5) is 5.69 Å². The van der Waals surface area contributed by atoms with Crippen LogP contribution in [0.5, 0.6) is 0 Å². The summed E-state index contributed by atoms with van der Waals surface area (Å²) in [6.45, 7) is 0.258. The molecule has 35 heavy (non-hydrogen) atoms. The van der Waals surface area contributed by atoms with Crippen molar-refractivity contribution >= 4 is 33.3 Å². The highest BCUT2D eigenvalue weighted by Crippen LogP contribution is 2.31. The van der Waals surface area contributed by atoms with E-state index in [1.807, 2.05) is 56.7 Å². The highest BCUT2D eigenvalue weighted by atomic mass is 16.2. The molecule has 0 fully saturated rings. The summed E-state index contributed by atoms with van der Waals surface area (Å²) < 4.78 is 1.21. The lowest BCUT2D eigenvalue weighted by Gasteiger charge is -2.20. The largest absolute Gasteiger partial charge is 0.378 e. The van der Waals surface area contributed by atoms with Crippen LogP contribution in [0.3, 0.4) is 0 Å². The summed E-state index contributed by atoms with van der Waals surface area (Å²) in [5.74, 6) is -0.322. The Kier molecular flexibility index (Phi) is 6.06. The molecule has 5 rings (SSSR count). The molecule has 7 heteroatoms. The van der Waals surface area contributed by atoms with Gasteiger partial charge in [0.1, 0.15) is 6.54 Å². The smallest absolute Gasteiger partial charge is 0.275 e. The van der Waals surface area contributed by atoms with Gasteiger partial charge in [0.2, 0.25) is 5.91 Å². The van der Waals surface area contributed by atoms with E-state index in [4.69, 9.17) is 0 Å². The van der Waals surface area contributed by atoms with Crippen molar-refractivity contribution in [2.75, 3.05) is 25.5 Å². The van der Waals surface area contributed by atoms with E-state index in [-0.39, 0.29) is 23.9 Å². The van der Waals surface area contributed by atoms with E-state index < -0.39 is 0 Å². The Morgan fingerprint density at radius 2 is 1.71 bits per heavy atom. The van der Waals surface area contributed by atoms with Crippen LogP contribution in [0.15, 0.2) is 90.0 Å². The topological polar surface area (TPSA) is 83.0 Å². The summed E-state index contributed by atoms with van der Waals surface area (Å²) in [5.41, 5.74) is 4.10. The van der Waals surface area contributed by atoms with E-state index in [1.54, 1.807) is 12.3 Å². The number of hydrogen-bond acceptors (Lipinski definition) is 4. The number of aromatic nitrogens is 3. The number of hydrogen-bond donors (Lipinski definition) is 2. The highest BCUT2D eigenvalue weighted by molar-refractivity contribution is 5.84. The SMILES string of the molecule is CN(C)c1ccc(C(CNC(=O)Cn2ncc3ccccc3c2=O)c2c[nH]c3ccccc23)cc1. The number of rotatable bonds is 7. The van der Waals surface area contributed by atoms with Crippen molar-refractivity contribution in [3.8, 4) is 0 Å². The maximum absolute atomic E-state index is 12.9. The number of fused-ring (bicyclic) bond motifs is 2. The second-order valence-electron chi connectivity index (χ2n) is 8.83. The van der Waals surface area contributed by atoms with Gasteiger partial charge in [0.05, 0.1) is 11.6 Å². The number of amides is 1. The molecule has 0 aliphatic heterocycles. The van der Waals surface area contributed by atoms with Crippen LogP contribution in [0.1, 0.15) is 17.0 Å². The third-order valence-corrected chi connectivity index (χ3v) is 6.37. The normalized spacial score (nSPS) is 12.1. The molecule has 3 aromatic carbocycles. The van der Waals surface area contributed by atoms with Crippen molar-refractivity contribution in [1.29, 1.82) is 0 Å². The third-order valence-electron chi connectivity index (χ3n) is 6.37. The van der Waals surface area contributed by atoms with Crippen molar-refractivity contribution in [2.24, 2.45) is 0 Å². The molecule has 0 saturated carbocycles. The number of nitrogens with zero attached hydrogens (tertiary/aromatic N) is 3. The second kappa shape index (κ2) is 9.46. The van der Waals surface area contributed by atoms with Crippen LogP contribution >= 0.6 is 0 Å². The molecule has 1 amide bonds. The maximum Gasteiger partial charge on any atom is 0.275 e. The van der Waals surface area contributed by atoms with Crippen LogP contribution in [0.2, 0.25) is 0 Å². The lowest BCUT2D eigenvalue weighted by Crippen LogP contribution is -2.35. The highest BCUT2D eigenvalue weighted by Gasteiger charge is 2.20. The first kappa shape index (κ1) is 22.4. The zero-order valence-corrected chi connectivity index (χ0v) is 19.7. The molecule has 2 heterocycles. The van der Waals surface area contributed by atoms with E-state index in [0.29, 0.717) is 11.9 Å². The number of H-pyrrole nitrogens is 1. The lowest BCUT2D eigenvalue weighted by atomic mass is 9.90. The first-order valence-corrected chi connectivity index (χ1v) is 11.6. The molecule has 5 aromatic rings. The molecular formula is C28H27N5O2. The Bertz CT molecular complexity index is 1550. The molecule has 0 aliphatic rings. The van der Waals surface area contributed by atoms with E-state index in [9.17, 15) is 9.59 Å². The van der Waals surface area contributed by atoms with Crippen molar-refractivity contribution in [3.05, 3.63) is 107 Å². The van der Waals surface area contributed by atoms with E-state index >= 15 is 0 Å². The molecule has 1 unspecified atom stereocenters. The molecule has 0 saturated heterocycles. The van der Waals surface area contributed by atoms with Crippen LogP contribution in [-0.4, -0.2) is 41.3 Å². The van der Waals surface area contributed by atoms with Crippen LogP contribution in [0.25, 0.3) is 21.7 Å². The number of benzene rings is 3. The Balaban J connectivity index is 1.40. The fourth-order valence-corrected chi connectivity index (χ4v) is 4.44. The minimum absolute atomic E-state index is 0.0624. The standard InChI is InChI=1S/C28H27N5O2/c1-32(2)21-13-11-19(12-14-21)24(25-17-29-26-10-6-5-9-23(25)26)16-30-27(34)18-33-28(35)22-8-4-3-7-20(22)15-31-33/h3-15,17,24,29H,16,18H2,1-2H3,(H,30,34). The Morgan fingerprint density at radius 3 is 2.49 bits per heavy atom. The molecule has 2 aromatic heterocycles. The molecule has 0 spiro atoms. The Labute approximate surface area is 203 Å². The van der Waals surface area contributed by atoms with Gasteiger partial charge in [-0.15, -0.1) is 0 Å².